The number of hydrogen-bond acceptors (Lipinski definition) is 4. The SMILES string of the molecule is c1cc(NC2CCSCC2)cc(-n2cnnc2)c1. The standard InChI is InChI=1S/C13H16N4S/c1-2-12(16-11-4-6-18-7-5-11)8-13(3-1)17-9-14-15-10-17/h1-3,8-11,16H,4-7H2. The molecule has 3 rings (SSSR count). The van der Waals surface area contributed by atoms with Crippen molar-refractivity contribution in [3.8, 4) is 5.69 Å². The van der Waals surface area contributed by atoms with Gasteiger partial charge in [-0.2, -0.15) is 11.8 Å². The molecule has 2 heterocycles. The van der Waals surface area contributed by atoms with E-state index < -0.39 is 0 Å². The lowest BCUT2D eigenvalue weighted by molar-refractivity contribution is 0.667. The van der Waals surface area contributed by atoms with Gasteiger partial charge >= 0.3 is 0 Å². The van der Waals surface area contributed by atoms with Gasteiger partial charge in [0.05, 0.1) is 5.69 Å². The van der Waals surface area contributed by atoms with Gasteiger partial charge in [0.1, 0.15) is 12.7 Å². The number of thioether (sulfide) groups is 1. The second kappa shape index (κ2) is 5.44. The quantitative estimate of drug-likeness (QED) is 0.921. The molecule has 0 unspecified atom stereocenters. The van der Waals surface area contributed by atoms with Crippen LogP contribution in [0.1, 0.15) is 12.8 Å². The van der Waals surface area contributed by atoms with Crippen molar-refractivity contribution in [1.82, 2.24) is 14.8 Å². The van der Waals surface area contributed by atoms with Gasteiger partial charge in [0.15, 0.2) is 0 Å². The zero-order chi connectivity index (χ0) is 12.2. The van der Waals surface area contributed by atoms with Crippen LogP contribution in [0.25, 0.3) is 5.69 Å². The Morgan fingerprint density at radius 2 is 1.94 bits per heavy atom. The molecule has 1 aliphatic rings. The topological polar surface area (TPSA) is 42.7 Å². The van der Waals surface area contributed by atoms with Crippen molar-refractivity contribution in [3.05, 3.63) is 36.9 Å². The molecule has 0 atom stereocenters. The van der Waals surface area contributed by atoms with E-state index in [4.69, 9.17) is 0 Å². The van der Waals surface area contributed by atoms with Gasteiger partial charge in [-0.1, -0.05) is 6.07 Å². The molecule has 4 nitrogen and oxygen atoms in total. The summed E-state index contributed by atoms with van der Waals surface area (Å²) in [6, 6.07) is 9.00. The first-order valence-electron chi connectivity index (χ1n) is 6.21. The summed E-state index contributed by atoms with van der Waals surface area (Å²) in [4.78, 5) is 0. The van der Waals surface area contributed by atoms with Crippen molar-refractivity contribution in [3.63, 3.8) is 0 Å². The molecule has 0 bridgehead atoms. The maximum Gasteiger partial charge on any atom is 0.123 e. The van der Waals surface area contributed by atoms with Gasteiger partial charge < -0.3 is 5.32 Å². The van der Waals surface area contributed by atoms with Crippen LogP contribution < -0.4 is 5.32 Å². The highest BCUT2D eigenvalue weighted by atomic mass is 32.2. The summed E-state index contributed by atoms with van der Waals surface area (Å²) in [6.45, 7) is 0. The number of anilines is 1. The lowest BCUT2D eigenvalue weighted by Gasteiger charge is -2.23. The highest BCUT2D eigenvalue weighted by Gasteiger charge is 2.13. The van der Waals surface area contributed by atoms with Crippen LogP contribution >= 0.6 is 11.8 Å². The molecule has 1 fully saturated rings. The summed E-state index contributed by atoms with van der Waals surface area (Å²) in [7, 11) is 0. The second-order valence-corrected chi connectivity index (χ2v) is 5.68. The number of nitrogens with zero attached hydrogens (tertiary/aromatic N) is 3. The summed E-state index contributed by atoms with van der Waals surface area (Å²) in [5.41, 5.74) is 2.27. The van der Waals surface area contributed by atoms with Crippen molar-refractivity contribution in [2.45, 2.75) is 18.9 Å². The van der Waals surface area contributed by atoms with E-state index in [-0.39, 0.29) is 0 Å². The van der Waals surface area contributed by atoms with E-state index in [1.807, 2.05) is 16.3 Å². The van der Waals surface area contributed by atoms with Crippen LogP contribution in [0.15, 0.2) is 36.9 Å². The minimum absolute atomic E-state index is 0.613. The summed E-state index contributed by atoms with van der Waals surface area (Å²) in [5.74, 6) is 2.53. The van der Waals surface area contributed by atoms with Gasteiger partial charge in [-0.3, -0.25) is 4.57 Å². The Labute approximate surface area is 111 Å². The van der Waals surface area contributed by atoms with E-state index in [1.54, 1.807) is 12.7 Å². The first-order valence-corrected chi connectivity index (χ1v) is 7.36. The number of aromatic nitrogens is 3. The summed E-state index contributed by atoms with van der Waals surface area (Å²) in [5, 5.41) is 11.3. The number of hydrogen-bond donors (Lipinski definition) is 1. The second-order valence-electron chi connectivity index (χ2n) is 4.45. The molecular formula is C13H16N4S. The molecule has 0 radical (unpaired) electrons. The fraction of sp³-hybridized carbons (Fsp3) is 0.385. The molecule has 1 N–H and O–H groups in total. The monoisotopic (exact) mass is 260 g/mol. The zero-order valence-corrected chi connectivity index (χ0v) is 10.9. The van der Waals surface area contributed by atoms with Crippen LogP contribution in [0.5, 0.6) is 0 Å². The maximum absolute atomic E-state index is 3.83. The van der Waals surface area contributed by atoms with E-state index in [0.717, 1.165) is 5.69 Å². The third-order valence-electron chi connectivity index (χ3n) is 3.16. The van der Waals surface area contributed by atoms with Gasteiger partial charge in [0, 0.05) is 11.7 Å². The van der Waals surface area contributed by atoms with E-state index in [2.05, 4.69) is 39.8 Å². The minimum Gasteiger partial charge on any atom is -0.382 e. The van der Waals surface area contributed by atoms with Gasteiger partial charge in [-0.15, -0.1) is 10.2 Å². The highest BCUT2D eigenvalue weighted by molar-refractivity contribution is 7.99. The Morgan fingerprint density at radius 1 is 1.17 bits per heavy atom. The highest BCUT2D eigenvalue weighted by Crippen LogP contribution is 2.22. The Morgan fingerprint density at radius 3 is 2.72 bits per heavy atom. The Hall–Kier alpha value is -1.49. The molecule has 1 aliphatic heterocycles. The van der Waals surface area contributed by atoms with E-state index >= 15 is 0 Å². The van der Waals surface area contributed by atoms with Gasteiger partial charge in [0.25, 0.3) is 0 Å². The normalized spacial score (nSPS) is 16.7. The van der Waals surface area contributed by atoms with Crippen LogP contribution in [0, 0.1) is 0 Å². The van der Waals surface area contributed by atoms with Gasteiger partial charge in [-0.25, -0.2) is 0 Å². The molecular weight excluding hydrogens is 244 g/mol. The molecule has 1 saturated heterocycles. The molecule has 18 heavy (non-hydrogen) atoms. The number of nitrogens with one attached hydrogen (secondary N) is 1. The zero-order valence-electron chi connectivity index (χ0n) is 10.1. The fourth-order valence-corrected chi connectivity index (χ4v) is 3.27. The lowest BCUT2D eigenvalue weighted by Crippen LogP contribution is -2.24. The van der Waals surface area contributed by atoms with Crippen LogP contribution in [0.3, 0.4) is 0 Å². The molecule has 2 aromatic rings. The van der Waals surface area contributed by atoms with Crippen molar-refractivity contribution in [2.24, 2.45) is 0 Å². The largest absolute Gasteiger partial charge is 0.382 e. The lowest BCUT2D eigenvalue weighted by atomic mass is 10.1. The maximum atomic E-state index is 3.83. The Kier molecular flexibility index (Phi) is 3.50. The third-order valence-corrected chi connectivity index (χ3v) is 4.20. The molecule has 94 valence electrons. The molecule has 1 aromatic heterocycles. The van der Waals surface area contributed by atoms with Crippen molar-refractivity contribution >= 4 is 17.4 Å². The van der Waals surface area contributed by atoms with Crippen LogP contribution in [0.2, 0.25) is 0 Å². The van der Waals surface area contributed by atoms with Crippen LogP contribution in [0.4, 0.5) is 5.69 Å². The minimum atomic E-state index is 0.613. The first kappa shape index (κ1) is 11.6. The molecule has 0 saturated carbocycles. The molecule has 0 amide bonds. The molecule has 0 spiro atoms. The summed E-state index contributed by atoms with van der Waals surface area (Å²) >= 11 is 2.05. The first-order chi connectivity index (χ1) is 8.92. The number of rotatable bonds is 3. The number of benzene rings is 1. The molecule has 5 heteroatoms. The summed E-state index contributed by atoms with van der Waals surface area (Å²) < 4.78 is 1.92. The fourth-order valence-electron chi connectivity index (χ4n) is 2.17. The average Bonchev–Trinajstić information content (AvgIpc) is 2.94. The summed E-state index contributed by atoms with van der Waals surface area (Å²) in [6.07, 6.45) is 5.94. The van der Waals surface area contributed by atoms with Gasteiger partial charge in [-0.05, 0) is 42.5 Å². The predicted molar refractivity (Wildman–Crippen MR) is 75.3 cm³/mol. The Bertz CT molecular complexity index is 491. The van der Waals surface area contributed by atoms with Crippen molar-refractivity contribution in [2.75, 3.05) is 16.8 Å². The van der Waals surface area contributed by atoms with Crippen LogP contribution in [-0.2, 0) is 0 Å². The third kappa shape index (κ3) is 2.67. The van der Waals surface area contributed by atoms with Crippen molar-refractivity contribution < 1.29 is 0 Å². The van der Waals surface area contributed by atoms with E-state index in [9.17, 15) is 0 Å². The van der Waals surface area contributed by atoms with E-state index in [1.165, 1.54) is 30.0 Å². The smallest absolute Gasteiger partial charge is 0.123 e. The van der Waals surface area contributed by atoms with Gasteiger partial charge in [0.2, 0.25) is 0 Å². The molecule has 0 aliphatic carbocycles. The average molecular weight is 260 g/mol. The van der Waals surface area contributed by atoms with Crippen molar-refractivity contribution in [1.29, 1.82) is 0 Å². The Balaban J connectivity index is 1.74. The molecule has 1 aromatic carbocycles. The predicted octanol–water partition coefficient (Wildman–Crippen LogP) is 2.57. The van der Waals surface area contributed by atoms with E-state index in [0.29, 0.717) is 6.04 Å². The van der Waals surface area contributed by atoms with Crippen LogP contribution in [-0.4, -0.2) is 32.3 Å².